The van der Waals surface area contributed by atoms with Crippen LogP contribution in [-0.2, 0) is 6.54 Å². The molecule has 1 aliphatic heterocycles. The molecule has 0 spiro atoms. The SMILES string of the molecule is Cc1ccccc1NC(=O)N1Cc2c(C)nn(-c3ccccc3)c2-n2cccc2C1c1ccc(C(C)C)cc1. The Hall–Kier alpha value is -4.58. The number of aromatic nitrogens is 3. The summed E-state index contributed by atoms with van der Waals surface area (Å²) >= 11 is 0. The van der Waals surface area contributed by atoms with Crippen molar-refractivity contribution in [1.29, 1.82) is 0 Å². The van der Waals surface area contributed by atoms with Gasteiger partial charge in [0.1, 0.15) is 5.82 Å². The van der Waals surface area contributed by atoms with Crippen LogP contribution in [-0.4, -0.2) is 25.3 Å². The number of amides is 2. The van der Waals surface area contributed by atoms with E-state index < -0.39 is 0 Å². The summed E-state index contributed by atoms with van der Waals surface area (Å²) in [4.78, 5) is 16.1. The van der Waals surface area contributed by atoms with Crippen molar-refractivity contribution < 1.29 is 4.79 Å². The Morgan fingerprint density at radius 1 is 0.897 bits per heavy atom. The number of carbonyl (C=O) groups is 1. The minimum atomic E-state index is -0.291. The van der Waals surface area contributed by atoms with E-state index in [0.717, 1.165) is 45.3 Å². The number of para-hydroxylation sites is 2. The number of fused-ring (bicyclic) bond motifs is 3. The maximum absolute atomic E-state index is 14.1. The largest absolute Gasteiger partial charge is 0.322 e. The number of carbonyl (C=O) groups excluding carboxylic acids is 1. The van der Waals surface area contributed by atoms with Gasteiger partial charge in [0.05, 0.1) is 29.7 Å². The Bertz CT molecular complexity index is 1630. The molecule has 196 valence electrons. The molecule has 0 fully saturated rings. The van der Waals surface area contributed by atoms with Crippen LogP contribution in [0.15, 0.2) is 97.2 Å². The highest BCUT2D eigenvalue weighted by Crippen LogP contribution is 2.39. The lowest BCUT2D eigenvalue weighted by Crippen LogP contribution is -2.38. The van der Waals surface area contributed by atoms with E-state index in [-0.39, 0.29) is 12.1 Å². The fourth-order valence-corrected chi connectivity index (χ4v) is 5.46. The smallest absolute Gasteiger partial charge is 0.308 e. The van der Waals surface area contributed by atoms with Gasteiger partial charge < -0.3 is 14.8 Å². The molecule has 1 aliphatic rings. The number of hydrogen-bond acceptors (Lipinski definition) is 2. The Morgan fingerprint density at radius 3 is 2.33 bits per heavy atom. The minimum Gasteiger partial charge on any atom is -0.308 e. The maximum Gasteiger partial charge on any atom is 0.322 e. The summed E-state index contributed by atoms with van der Waals surface area (Å²) in [5, 5.41) is 8.14. The summed E-state index contributed by atoms with van der Waals surface area (Å²) in [7, 11) is 0. The zero-order valence-electron chi connectivity index (χ0n) is 22.8. The van der Waals surface area contributed by atoms with Crippen LogP contribution in [0.4, 0.5) is 10.5 Å². The number of nitrogens with zero attached hydrogens (tertiary/aromatic N) is 4. The molecule has 1 unspecified atom stereocenters. The van der Waals surface area contributed by atoms with Crippen LogP contribution in [0.5, 0.6) is 0 Å². The number of rotatable bonds is 4. The van der Waals surface area contributed by atoms with Gasteiger partial charge >= 0.3 is 6.03 Å². The van der Waals surface area contributed by atoms with E-state index in [1.165, 1.54) is 5.56 Å². The van der Waals surface area contributed by atoms with Gasteiger partial charge in [0.25, 0.3) is 0 Å². The van der Waals surface area contributed by atoms with Crippen LogP contribution in [0.1, 0.15) is 59.4 Å². The molecular formula is C33H33N5O. The Balaban J connectivity index is 1.53. The molecule has 0 radical (unpaired) electrons. The van der Waals surface area contributed by atoms with E-state index in [1.54, 1.807) is 0 Å². The number of nitrogens with one attached hydrogen (secondary N) is 1. The predicted octanol–water partition coefficient (Wildman–Crippen LogP) is 7.54. The van der Waals surface area contributed by atoms with Crippen LogP contribution < -0.4 is 5.32 Å². The number of benzene rings is 3. The first kappa shape index (κ1) is 24.7. The molecule has 3 heterocycles. The van der Waals surface area contributed by atoms with Gasteiger partial charge in [0, 0.05) is 17.4 Å². The van der Waals surface area contributed by atoms with Crippen molar-refractivity contribution >= 4 is 11.7 Å². The highest BCUT2D eigenvalue weighted by molar-refractivity contribution is 5.91. The molecule has 0 saturated carbocycles. The number of urea groups is 1. The topological polar surface area (TPSA) is 55.1 Å². The highest BCUT2D eigenvalue weighted by Gasteiger charge is 2.36. The van der Waals surface area contributed by atoms with E-state index in [2.05, 4.69) is 78.5 Å². The van der Waals surface area contributed by atoms with Crippen LogP contribution >= 0.6 is 0 Å². The monoisotopic (exact) mass is 515 g/mol. The molecule has 39 heavy (non-hydrogen) atoms. The van der Waals surface area contributed by atoms with Crippen molar-refractivity contribution in [2.24, 2.45) is 0 Å². The zero-order valence-corrected chi connectivity index (χ0v) is 22.8. The van der Waals surface area contributed by atoms with Crippen LogP contribution in [0.25, 0.3) is 11.5 Å². The summed E-state index contributed by atoms with van der Waals surface area (Å²) in [6, 6.07) is 30.5. The molecule has 2 amide bonds. The lowest BCUT2D eigenvalue weighted by atomic mass is 9.97. The summed E-state index contributed by atoms with van der Waals surface area (Å²) < 4.78 is 4.19. The second kappa shape index (κ2) is 9.95. The molecule has 6 nitrogen and oxygen atoms in total. The first-order valence-electron chi connectivity index (χ1n) is 13.5. The molecule has 0 bridgehead atoms. The third-order valence-electron chi connectivity index (χ3n) is 7.65. The van der Waals surface area contributed by atoms with Gasteiger partial charge in [-0.1, -0.05) is 74.5 Å². The van der Waals surface area contributed by atoms with E-state index in [4.69, 9.17) is 5.10 Å². The van der Waals surface area contributed by atoms with Gasteiger partial charge in [0.15, 0.2) is 0 Å². The molecule has 3 aromatic carbocycles. The molecule has 0 saturated heterocycles. The zero-order chi connectivity index (χ0) is 27.1. The molecule has 1 atom stereocenters. The summed E-state index contributed by atoms with van der Waals surface area (Å²) in [6.07, 6.45) is 2.08. The fraction of sp³-hybridized carbons (Fsp3) is 0.212. The highest BCUT2D eigenvalue weighted by atomic mass is 16.2. The first-order valence-corrected chi connectivity index (χ1v) is 13.5. The molecule has 6 rings (SSSR count). The van der Waals surface area contributed by atoms with Gasteiger partial charge in [-0.05, 0) is 66.8 Å². The Kier molecular flexibility index (Phi) is 6.31. The third-order valence-corrected chi connectivity index (χ3v) is 7.65. The van der Waals surface area contributed by atoms with Gasteiger partial charge in [-0.25, -0.2) is 9.48 Å². The van der Waals surface area contributed by atoms with E-state index in [0.29, 0.717) is 12.5 Å². The normalized spacial score (nSPS) is 14.6. The average Bonchev–Trinajstić information content (AvgIpc) is 3.51. The quantitative estimate of drug-likeness (QED) is 0.269. The molecule has 5 aromatic rings. The van der Waals surface area contributed by atoms with E-state index in [9.17, 15) is 4.79 Å². The fourth-order valence-electron chi connectivity index (χ4n) is 5.46. The van der Waals surface area contributed by atoms with Crippen LogP contribution in [0, 0.1) is 13.8 Å². The Morgan fingerprint density at radius 2 is 1.62 bits per heavy atom. The lowest BCUT2D eigenvalue weighted by molar-refractivity contribution is 0.194. The van der Waals surface area contributed by atoms with Gasteiger partial charge in [-0.3, -0.25) is 0 Å². The second-order valence-corrected chi connectivity index (χ2v) is 10.5. The number of anilines is 1. The van der Waals surface area contributed by atoms with Crippen molar-refractivity contribution in [1.82, 2.24) is 19.2 Å². The van der Waals surface area contributed by atoms with Crippen molar-refractivity contribution in [2.45, 2.75) is 46.2 Å². The maximum atomic E-state index is 14.1. The third kappa shape index (κ3) is 4.42. The molecule has 2 aromatic heterocycles. The second-order valence-electron chi connectivity index (χ2n) is 10.5. The molecule has 6 heteroatoms. The van der Waals surface area contributed by atoms with Gasteiger partial charge in [-0.15, -0.1) is 0 Å². The van der Waals surface area contributed by atoms with Crippen molar-refractivity contribution in [3.05, 3.63) is 131 Å². The standard InChI is InChI=1S/C33H33N5O/c1-22(2)25-16-18-26(19-17-25)31-30-15-10-20-36(30)32-28(24(4)35-38(32)27-12-6-5-7-13-27)21-37(31)33(39)34-29-14-9-8-11-23(29)3/h5-20,22,31H,21H2,1-4H3,(H,34,39). The number of hydrogen-bond donors (Lipinski definition) is 1. The van der Waals surface area contributed by atoms with E-state index in [1.807, 2.05) is 65.9 Å². The van der Waals surface area contributed by atoms with Crippen molar-refractivity contribution in [3.8, 4) is 11.5 Å². The van der Waals surface area contributed by atoms with E-state index >= 15 is 0 Å². The number of aryl methyl sites for hydroxylation is 2. The summed E-state index contributed by atoms with van der Waals surface area (Å²) in [6.45, 7) is 8.85. The van der Waals surface area contributed by atoms with Crippen LogP contribution in [0.2, 0.25) is 0 Å². The minimum absolute atomic E-state index is 0.144. The molecular weight excluding hydrogens is 482 g/mol. The van der Waals surface area contributed by atoms with Gasteiger partial charge in [-0.2, -0.15) is 5.10 Å². The molecule has 0 aliphatic carbocycles. The summed E-state index contributed by atoms with van der Waals surface area (Å²) in [5.74, 6) is 1.40. The molecule has 1 N–H and O–H groups in total. The Labute approximate surface area is 229 Å². The first-order chi connectivity index (χ1) is 18.9. The average molecular weight is 516 g/mol. The predicted molar refractivity (Wildman–Crippen MR) is 156 cm³/mol. The lowest BCUT2D eigenvalue weighted by Gasteiger charge is -2.31. The van der Waals surface area contributed by atoms with Crippen LogP contribution in [0.3, 0.4) is 0 Å². The van der Waals surface area contributed by atoms with Gasteiger partial charge in [0.2, 0.25) is 0 Å². The van der Waals surface area contributed by atoms with Crippen molar-refractivity contribution in [3.63, 3.8) is 0 Å². The van der Waals surface area contributed by atoms with Crippen molar-refractivity contribution in [2.75, 3.05) is 5.32 Å². The summed E-state index contributed by atoms with van der Waals surface area (Å²) in [5.41, 5.74) is 8.11.